The number of carbonyl (C=O) groups excluding carboxylic acids is 1. The van der Waals surface area contributed by atoms with Crippen molar-refractivity contribution < 1.29 is 19.1 Å². The van der Waals surface area contributed by atoms with Gasteiger partial charge in [-0.1, -0.05) is 60.4 Å². The van der Waals surface area contributed by atoms with Crippen LogP contribution in [-0.2, 0) is 16.0 Å². The van der Waals surface area contributed by atoms with E-state index in [1.54, 1.807) is 6.08 Å². The summed E-state index contributed by atoms with van der Waals surface area (Å²) in [5.74, 6) is 0.0273. The van der Waals surface area contributed by atoms with E-state index in [0.717, 1.165) is 29.5 Å². The third-order valence-corrected chi connectivity index (χ3v) is 6.78. The van der Waals surface area contributed by atoms with Crippen molar-refractivity contribution in [2.75, 3.05) is 6.54 Å². The topological polar surface area (TPSA) is 70.8 Å². The van der Waals surface area contributed by atoms with E-state index in [4.69, 9.17) is 21.7 Å². The lowest BCUT2D eigenvalue weighted by Gasteiger charge is -2.12. The Morgan fingerprint density at radius 3 is 2.77 bits per heavy atom. The molecule has 0 spiro atoms. The highest BCUT2D eigenvalue weighted by Crippen LogP contribution is 2.39. The van der Waals surface area contributed by atoms with Gasteiger partial charge in [-0.15, -0.1) is 0 Å². The van der Waals surface area contributed by atoms with Crippen molar-refractivity contribution in [3.63, 3.8) is 0 Å². The number of rotatable bonds is 5. The van der Waals surface area contributed by atoms with Gasteiger partial charge in [0.25, 0.3) is 5.91 Å². The van der Waals surface area contributed by atoms with Gasteiger partial charge in [0.15, 0.2) is 0 Å². The molecule has 1 fully saturated rings. The minimum absolute atomic E-state index is 0.0677. The molecule has 1 N–H and O–H groups in total. The van der Waals surface area contributed by atoms with E-state index in [1.165, 1.54) is 27.2 Å². The number of thioether (sulfide) groups is 1. The van der Waals surface area contributed by atoms with E-state index in [9.17, 15) is 9.59 Å². The van der Waals surface area contributed by atoms with Gasteiger partial charge < -0.3 is 9.52 Å². The van der Waals surface area contributed by atoms with Gasteiger partial charge in [0.1, 0.15) is 15.8 Å². The monoisotopic (exact) mass is 447 g/mol. The molecule has 1 amide bonds. The number of carbonyl (C=O) groups is 2. The SMILES string of the molecule is O=C(O)CCN1C(=O)C(=Cc2ccc(-c3ccc4c(c3)Cc3ccccc3-4)o2)SC1=S. The summed E-state index contributed by atoms with van der Waals surface area (Å²) >= 11 is 6.38. The van der Waals surface area contributed by atoms with Gasteiger partial charge in [0, 0.05) is 18.2 Å². The molecule has 2 heterocycles. The molecular weight excluding hydrogens is 430 g/mol. The van der Waals surface area contributed by atoms with Crippen molar-refractivity contribution in [2.45, 2.75) is 12.8 Å². The van der Waals surface area contributed by atoms with Crippen molar-refractivity contribution in [3.05, 3.63) is 76.4 Å². The van der Waals surface area contributed by atoms with E-state index < -0.39 is 5.97 Å². The molecule has 0 atom stereocenters. The number of carboxylic acid groups (broad SMARTS) is 1. The normalized spacial score (nSPS) is 16.1. The average molecular weight is 448 g/mol. The second-order valence-electron chi connectivity index (χ2n) is 7.38. The molecule has 1 saturated heterocycles. The van der Waals surface area contributed by atoms with Crippen LogP contribution in [0.5, 0.6) is 0 Å². The number of hydrogen-bond acceptors (Lipinski definition) is 5. The number of aliphatic carboxylic acids is 1. The molecule has 2 aromatic carbocycles. The number of carboxylic acids is 1. The first-order chi connectivity index (χ1) is 15.0. The second kappa shape index (κ2) is 7.83. The van der Waals surface area contributed by atoms with Gasteiger partial charge in [0.2, 0.25) is 0 Å². The summed E-state index contributed by atoms with van der Waals surface area (Å²) in [5, 5.41) is 8.85. The van der Waals surface area contributed by atoms with Gasteiger partial charge in [-0.25, -0.2) is 0 Å². The summed E-state index contributed by atoms with van der Waals surface area (Å²) in [5.41, 5.74) is 6.14. The summed E-state index contributed by atoms with van der Waals surface area (Å²) in [7, 11) is 0. The third-order valence-electron chi connectivity index (χ3n) is 5.40. The van der Waals surface area contributed by atoms with Crippen molar-refractivity contribution in [3.8, 4) is 22.5 Å². The predicted octanol–water partition coefficient (Wildman–Crippen LogP) is 5.19. The fourth-order valence-electron chi connectivity index (χ4n) is 3.91. The highest BCUT2D eigenvalue weighted by Gasteiger charge is 2.32. The molecule has 0 unspecified atom stereocenters. The molecule has 3 aromatic rings. The van der Waals surface area contributed by atoms with Crippen molar-refractivity contribution >= 4 is 46.3 Å². The number of nitrogens with zero attached hydrogens (tertiary/aromatic N) is 1. The first kappa shape index (κ1) is 19.8. The van der Waals surface area contributed by atoms with E-state index in [0.29, 0.717) is 15.0 Å². The summed E-state index contributed by atoms with van der Waals surface area (Å²) in [6, 6.07) is 18.5. The zero-order valence-electron chi connectivity index (χ0n) is 16.3. The van der Waals surface area contributed by atoms with Gasteiger partial charge in [-0.2, -0.15) is 0 Å². The lowest BCUT2D eigenvalue weighted by molar-refractivity contribution is -0.137. The molecule has 2 aliphatic rings. The van der Waals surface area contributed by atoms with Gasteiger partial charge in [-0.3, -0.25) is 14.5 Å². The highest BCUT2D eigenvalue weighted by molar-refractivity contribution is 8.26. The Morgan fingerprint density at radius 1 is 1.13 bits per heavy atom. The Hall–Kier alpha value is -3.16. The van der Waals surface area contributed by atoms with Crippen LogP contribution in [0.4, 0.5) is 0 Å². The zero-order valence-corrected chi connectivity index (χ0v) is 18.0. The highest BCUT2D eigenvalue weighted by atomic mass is 32.2. The second-order valence-corrected chi connectivity index (χ2v) is 9.06. The molecule has 31 heavy (non-hydrogen) atoms. The Kier molecular flexibility index (Phi) is 5.00. The molecule has 0 radical (unpaired) electrons. The Balaban J connectivity index is 1.37. The summed E-state index contributed by atoms with van der Waals surface area (Å²) in [6.07, 6.45) is 2.42. The summed E-state index contributed by atoms with van der Waals surface area (Å²) < 4.78 is 6.35. The van der Waals surface area contributed by atoms with Crippen molar-refractivity contribution in [2.24, 2.45) is 0 Å². The van der Waals surface area contributed by atoms with E-state index in [1.807, 2.05) is 12.1 Å². The molecule has 7 heteroatoms. The molecule has 5 rings (SSSR count). The largest absolute Gasteiger partial charge is 0.481 e. The molecule has 1 aliphatic heterocycles. The summed E-state index contributed by atoms with van der Waals surface area (Å²) in [6.45, 7) is 0.0677. The minimum Gasteiger partial charge on any atom is -0.481 e. The van der Waals surface area contributed by atoms with Crippen LogP contribution in [-0.4, -0.2) is 32.7 Å². The molecule has 5 nitrogen and oxygen atoms in total. The lowest BCUT2D eigenvalue weighted by atomic mass is 10.0. The number of thiocarbonyl (C=S) groups is 1. The van der Waals surface area contributed by atoms with Crippen LogP contribution in [0.2, 0.25) is 0 Å². The summed E-state index contributed by atoms with van der Waals surface area (Å²) in [4.78, 5) is 25.1. The number of furan rings is 1. The minimum atomic E-state index is -0.967. The number of fused-ring (bicyclic) bond motifs is 3. The average Bonchev–Trinajstić information content (AvgIpc) is 3.43. The van der Waals surface area contributed by atoms with Gasteiger partial charge >= 0.3 is 5.97 Å². The number of benzene rings is 2. The van der Waals surface area contributed by atoms with E-state index in [-0.39, 0.29) is 18.9 Å². The maximum atomic E-state index is 12.6. The zero-order chi connectivity index (χ0) is 21.5. The smallest absolute Gasteiger partial charge is 0.305 e. The number of amides is 1. The van der Waals surface area contributed by atoms with Crippen molar-refractivity contribution in [1.82, 2.24) is 4.90 Å². The number of hydrogen-bond donors (Lipinski definition) is 1. The fraction of sp³-hybridized carbons (Fsp3) is 0.125. The Morgan fingerprint density at radius 2 is 1.94 bits per heavy atom. The van der Waals surface area contributed by atoms with E-state index >= 15 is 0 Å². The van der Waals surface area contributed by atoms with Gasteiger partial charge in [0.05, 0.1) is 11.3 Å². The fourth-order valence-corrected chi connectivity index (χ4v) is 5.20. The molecular formula is C24H17NO4S2. The van der Waals surface area contributed by atoms with Crippen LogP contribution in [0.25, 0.3) is 28.5 Å². The van der Waals surface area contributed by atoms with E-state index in [2.05, 4.69) is 42.5 Å². The van der Waals surface area contributed by atoms with Crippen LogP contribution < -0.4 is 0 Å². The van der Waals surface area contributed by atoms with Crippen LogP contribution in [0.3, 0.4) is 0 Å². The van der Waals surface area contributed by atoms with Crippen LogP contribution in [0, 0.1) is 0 Å². The molecule has 1 aliphatic carbocycles. The van der Waals surface area contributed by atoms with Crippen LogP contribution in [0.15, 0.2) is 63.9 Å². The maximum Gasteiger partial charge on any atom is 0.305 e. The molecule has 0 bridgehead atoms. The van der Waals surface area contributed by atoms with Gasteiger partial charge in [-0.05, 0) is 46.9 Å². The van der Waals surface area contributed by atoms with Crippen LogP contribution in [0.1, 0.15) is 23.3 Å². The predicted molar refractivity (Wildman–Crippen MR) is 125 cm³/mol. The third kappa shape index (κ3) is 3.71. The lowest BCUT2D eigenvalue weighted by Crippen LogP contribution is -2.30. The Bertz CT molecular complexity index is 1270. The first-order valence-corrected chi connectivity index (χ1v) is 11.0. The Labute approximate surface area is 188 Å². The quantitative estimate of drug-likeness (QED) is 0.335. The molecule has 0 saturated carbocycles. The molecule has 154 valence electrons. The van der Waals surface area contributed by atoms with Crippen molar-refractivity contribution in [1.29, 1.82) is 0 Å². The molecule has 1 aromatic heterocycles. The first-order valence-electron chi connectivity index (χ1n) is 9.78. The standard InChI is InChI=1S/C24H17NO4S2/c26-22(27)9-10-25-23(28)21(31-24(25)30)13-17-6-8-20(29-17)15-5-7-19-16(12-15)11-14-3-1-2-4-18(14)19/h1-8,12-13H,9-11H2,(H,26,27). The maximum absolute atomic E-state index is 12.6. The van der Waals surface area contributed by atoms with Crippen LogP contribution >= 0.6 is 24.0 Å².